The highest BCUT2D eigenvalue weighted by Gasteiger charge is 2.35. The van der Waals surface area contributed by atoms with E-state index in [1.807, 2.05) is 0 Å². The number of fused-ring (bicyclic) bond motifs is 1. The van der Waals surface area contributed by atoms with E-state index in [1.54, 1.807) is 6.07 Å². The van der Waals surface area contributed by atoms with E-state index in [4.69, 9.17) is 16.1 Å². The fourth-order valence-electron chi connectivity index (χ4n) is 3.69. The normalized spacial score (nSPS) is 19.7. The van der Waals surface area contributed by atoms with E-state index in [2.05, 4.69) is 10.5 Å². The van der Waals surface area contributed by atoms with Gasteiger partial charge in [-0.25, -0.2) is 4.39 Å². The molecule has 1 saturated heterocycles. The topological polar surface area (TPSA) is 75.4 Å². The van der Waals surface area contributed by atoms with Crippen LogP contribution in [0.2, 0.25) is 5.02 Å². The predicted octanol–water partition coefficient (Wildman–Crippen LogP) is 3.27. The second kappa shape index (κ2) is 7.31. The molecule has 2 heterocycles. The molecular weight excluding hydrogens is 373 g/mol. The quantitative estimate of drug-likeness (QED) is 0.815. The van der Waals surface area contributed by atoms with Gasteiger partial charge in [-0.3, -0.25) is 9.59 Å². The summed E-state index contributed by atoms with van der Waals surface area (Å²) in [4.78, 5) is 26.8. The second-order valence-electron chi connectivity index (χ2n) is 6.90. The highest BCUT2D eigenvalue weighted by atomic mass is 35.5. The lowest BCUT2D eigenvalue weighted by atomic mass is 10.1. The van der Waals surface area contributed by atoms with Crippen molar-refractivity contribution in [1.29, 1.82) is 0 Å². The SMILES string of the molecule is O=C(NC1CCN(c2ccc(Cl)c(F)c2)C1=O)c1noc2c1CCCCC2. The minimum Gasteiger partial charge on any atom is -0.360 e. The lowest BCUT2D eigenvalue weighted by Crippen LogP contribution is -2.42. The van der Waals surface area contributed by atoms with Crippen molar-refractivity contribution in [3.05, 3.63) is 46.1 Å². The van der Waals surface area contributed by atoms with Gasteiger partial charge in [0.15, 0.2) is 5.69 Å². The molecule has 2 aromatic rings. The molecule has 4 rings (SSSR count). The number of aryl methyl sites for hydroxylation is 1. The lowest BCUT2D eigenvalue weighted by Gasteiger charge is -2.17. The number of aromatic nitrogens is 1. The Balaban J connectivity index is 1.47. The van der Waals surface area contributed by atoms with Crippen LogP contribution in [-0.4, -0.2) is 29.6 Å². The van der Waals surface area contributed by atoms with Gasteiger partial charge in [0.1, 0.15) is 17.6 Å². The van der Waals surface area contributed by atoms with E-state index in [9.17, 15) is 14.0 Å². The molecule has 6 nitrogen and oxygen atoms in total. The summed E-state index contributed by atoms with van der Waals surface area (Å²) in [6, 6.07) is 3.55. The number of benzene rings is 1. The van der Waals surface area contributed by atoms with Gasteiger partial charge in [-0.05, 0) is 43.9 Å². The number of nitrogens with one attached hydrogen (secondary N) is 1. The van der Waals surface area contributed by atoms with Gasteiger partial charge < -0.3 is 14.7 Å². The van der Waals surface area contributed by atoms with E-state index in [0.29, 0.717) is 18.7 Å². The Morgan fingerprint density at radius 3 is 2.93 bits per heavy atom. The molecular formula is C19H19ClFN3O3. The predicted molar refractivity (Wildman–Crippen MR) is 97.4 cm³/mol. The van der Waals surface area contributed by atoms with Crippen LogP contribution >= 0.6 is 11.6 Å². The average molecular weight is 392 g/mol. The number of carbonyl (C=O) groups excluding carboxylic acids is 2. The first-order valence-corrected chi connectivity index (χ1v) is 9.47. The van der Waals surface area contributed by atoms with Crippen LogP contribution in [0.4, 0.5) is 10.1 Å². The average Bonchev–Trinajstić information content (AvgIpc) is 3.13. The van der Waals surface area contributed by atoms with Gasteiger partial charge in [0.05, 0.1) is 5.02 Å². The maximum Gasteiger partial charge on any atom is 0.274 e. The Labute approximate surface area is 160 Å². The highest BCUT2D eigenvalue weighted by Crippen LogP contribution is 2.27. The Hall–Kier alpha value is -2.41. The number of halogens is 2. The molecule has 0 saturated carbocycles. The standard InChI is InChI=1S/C19H19ClFN3O3/c20-13-7-6-11(10-14(13)21)24-9-8-15(19(24)26)22-18(25)17-12-4-2-1-3-5-16(12)27-23-17/h6-7,10,15H,1-5,8-9H2,(H,22,25). The summed E-state index contributed by atoms with van der Waals surface area (Å²) in [5.74, 6) is -0.488. The third-order valence-corrected chi connectivity index (χ3v) is 5.45. The van der Waals surface area contributed by atoms with Crippen molar-refractivity contribution in [3.63, 3.8) is 0 Å². The Morgan fingerprint density at radius 2 is 2.11 bits per heavy atom. The van der Waals surface area contributed by atoms with Crippen molar-refractivity contribution in [3.8, 4) is 0 Å². The molecule has 2 amide bonds. The minimum absolute atomic E-state index is 0.00183. The highest BCUT2D eigenvalue weighted by molar-refractivity contribution is 6.30. The molecule has 0 spiro atoms. The van der Waals surface area contributed by atoms with Crippen molar-refractivity contribution < 1.29 is 18.5 Å². The van der Waals surface area contributed by atoms with Crippen LogP contribution in [0.5, 0.6) is 0 Å². The zero-order valence-corrected chi connectivity index (χ0v) is 15.4. The molecule has 1 aliphatic carbocycles. The van der Waals surface area contributed by atoms with Crippen LogP contribution in [-0.2, 0) is 17.6 Å². The molecule has 8 heteroatoms. The van der Waals surface area contributed by atoms with Crippen molar-refractivity contribution >= 4 is 29.1 Å². The lowest BCUT2D eigenvalue weighted by molar-refractivity contribution is -0.118. The number of anilines is 1. The van der Waals surface area contributed by atoms with Crippen LogP contribution < -0.4 is 10.2 Å². The van der Waals surface area contributed by atoms with Crippen molar-refractivity contribution in [2.24, 2.45) is 0 Å². The fraction of sp³-hybridized carbons (Fsp3) is 0.421. The zero-order chi connectivity index (χ0) is 19.0. The van der Waals surface area contributed by atoms with Crippen molar-refractivity contribution in [1.82, 2.24) is 10.5 Å². The van der Waals surface area contributed by atoms with Crippen molar-refractivity contribution in [2.45, 2.75) is 44.6 Å². The molecule has 1 aliphatic heterocycles. The van der Waals surface area contributed by atoms with Gasteiger partial charge in [0, 0.05) is 24.2 Å². The van der Waals surface area contributed by atoms with E-state index in [0.717, 1.165) is 43.4 Å². The third kappa shape index (κ3) is 3.43. The first kappa shape index (κ1) is 18.0. The molecule has 1 aromatic heterocycles. The summed E-state index contributed by atoms with van der Waals surface area (Å²) >= 11 is 5.70. The summed E-state index contributed by atoms with van der Waals surface area (Å²) in [6.45, 7) is 0.391. The summed E-state index contributed by atoms with van der Waals surface area (Å²) < 4.78 is 19.0. The molecule has 27 heavy (non-hydrogen) atoms. The first-order valence-electron chi connectivity index (χ1n) is 9.09. The molecule has 0 bridgehead atoms. The second-order valence-corrected chi connectivity index (χ2v) is 7.30. The van der Waals surface area contributed by atoms with Gasteiger partial charge in [-0.1, -0.05) is 23.2 Å². The molecule has 1 N–H and O–H groups in total. The van der Waals surface area contributed by atoms with Gasteiger partial charge in [0.2, 0.25) is 5.91 Å². The van der Waals surface area contributed by atoms with E-state index in [1.165, 1.54) is 17.0 Å². The van der Waals surface area contributed by atoms with Gasteiger partial charge in [0.25, 0.3) is 5.91 Å². The van der Waals surface area contributed by atoms with Crippen LogP contribution in [0.25, 0.3) is 0 Å². The Bertz CT molecular complexity index is 898. The number of rotatable bonds is 3. The molecule has 142 valence electrons. The monoisotopic (exact) mass is 391 g/mol. The van der Waals surface area contributed by atoms with Gasteiger partial charge in [-0.2, -0.15) is 0 Å². The summed E-state index contributed by atoms with van der Waals surface area (Å²) in [7, 11) is 0. The molecule has 1 aromatic carbocycles. The first-order chi connectivity index (χ1) is 13.0. The molecule has 1 fully saturated rings. The molecule has 2 aliphatic rings. The maximum absolute atomic E-state index is 13.7. The number of carbonyl (C=O) groups is 2. The third-order valence-electron chi connectivity index (χ3n) is 5.14. The fourth-order valence-corrected chi connectivity index (χ4v) is 3.81. The van der Waals surface area contributed by atoms with E-state index < -0.39 is 17.8 Å². The summed E-state index contributed by atoms with van der Waals surface area (Å²) in [6.07, 6.45) is 5.10. The summed E-state index contributed by atoms with van der Waals surface area (Å²) in [5.41, 5.74) is 1.55. The summed E-state index contributed by atoms with van der Waals surface area (Å²) in [5, 5.41) is 6.69. The van der Waals surface area contributed by atoms with E-state index in [-0.39, 0.29) is 16.6 Å². The van der Waals surface area contributed by atoms with E-state index >= 15 is 0 Å². The number of amides is 2. The van der Waals surface area contributed by atoms with Gasteiger partial charge in [-0.15, -0.1) is 0 Å². The van der Waals surface area contributed by atoms with Crippen LogP contribution in [0.1, 0.15) is 47.5 Å². The number of nitrogens with zero attached hydrogens (tertiary/aromatic N) is 2. The van der Waals surface area contributed by atoms with Crippen LogP contribution in [0.15, 0.2) is 22.7 Å². The van der Waals surface area contributed by atoms with Crippen LogP contribution in [0.3, 0.4) is 0 Å². The molecule has 0 radical (unpaired) electrons. The Morgan fingerprint density at radius 1 is 1.30 bits per heavy atom. The van der Waals surface area contributed by atoms with Crippen LogP contribution in [0, 0.1) is 5.82 Å². The number of hydrogen-bond donors (Lipinski definition) is 1. The smallest absolute Gasteiger partial charge is 0.274 e. The van der Waals surface area contributed by atoms with Gasteiger partial charge >= 0.3 is 0 Å². The zero-order valence-electron chi connectivity index (χ0n) is 14.6. The Kier molecular flexibility index (Phi) is 4.86. The maximum atomic E-state index is 13.7. The molecule has 1 unspecified atom stereocenters. The molecule has 1 atom stereocenters. The largest absolute Gasteiger partial charge is 0.360 e. The van der Waals surface area contributed by atoms with Crippen molar-refractivity contribution in [2.75, 3.05) is 11.4 Å². The minimum atomic E-state index is -0.672. The number of hydrogen-bond acceptors (Lipinski definition) is 4.